The molecule has 0 aliphatic rings. The van der Waals surface area contributed by atoms with Crippen molar-refractivity contribution in [1.82, 2.24) is 0 Å². The molecule has 1 aromatic carbocycles. The molecule has 0 unspecified atom stereocenters. The summed E-state index contributed by atoms with van der Waals surface area (Å²) >= 11 is 0. The van der Waals surface area contributed by atoms with Crippen molar-refractivity contribution in [3.05, 3.63) is 23.8 Å². The van der Waals surface area contributed by atoms with Crippen molar-refractivity contribution in [1.29, 1.82) is 0 Å². The molecule has 0 radical (unpaired) electrons. The van der Waals surface area contributed by atoms with Gasteiger partial charge in [0.25, 0.3) is 0 Å². The summed E-state index contributed by atoms with van der Waals surface area (Å²) in [5.74, 6) is -0.121. The molecule has 17 heavy (non-hydrogen) atoms. The minimum absolute atomic E-state index is 0.0308. The number of benzene rings is 1. The molecule has 0 bridgehead atoms. The van der Waals surface area contributed by atoms with Crippen LogP contribution in [0.1, 0.15) is 17.3 Å². The van der Waals surface area contributed by atoms with Gasteiger partial charge in [0.15, 0.2) is 17.3 Å². The maximum Gasteiger partial charge on any atom is 0.515 e. The number of halogens is 3. The van der Waals surface area contributed by atoms with Crippen molar-refractivity contribution in [2.24, 2.45) is 0 Å². The zero-order chi connectivity index (χ0) is 13.1. The molecule has 0 amide bonds. The van der Waals surface area contributed by atoms with Crippen molar-refractivity contribution >= 4 is 12.8 Å². The van der Waals surface area contributed by atoms with Gasteiger partial charge < -0.3 is 22.4 Å². The van der Waals surface area contributed by atoms with Gasteiger partial charge in [-0.15, -0.1) is 0 Å². The molecule has 94 valence electrons. The third-order valence-corrected chi connectivity index (χ3v) is 2.00. The van der Waals surface area contributed by atoms with Gasteiger partial charge >= 0.3 is 6.98 Å². The molecule has 7 heteroatoms. The SMILES string of the molecule is COc1cc(C(C)=O)ccc1OC[B-](F)(F)F. The molecule has 1 rings (SSSR count). The first kappa shape index (κ1) is 13.4. The number of ketones is 1. The number of hydrogen-bond acceptors (Lipinski definition) is 3. The van der Waals surface area contributed by atoms with Crippen LogP contribution in [0.4, 0.5) is 12.9 Å². The van der Waals surface area contributed by atoms with Crippen LogP contribution in [-0.4, -0.2) is 26.4 Å². The van der Waals surface area contributed by atoms with Gasteiger partial charge in [-0.3, -0.25) is 4.79 Å². The molecule has 1 aromatic rings. The second-order valence-electron chi connectivity index (χ2n) is 3.44. The van der Waals surface area contributed by atoms with E-state index in [4.69, 9.17) is 4.74 Å². The Hall–Kier alpha value is -1.66. The van der Waals surface area contributed by atoms with Crippen molar-refractivity contribution in [3.8, 4) is 11.5 Å². The summed E-state index contributed by atoms with van der Waals surface area (Å²) in [6.45, 7) is -5.00. The van der Waals surface area contributed by atoms with E-state index in [2.05, 4.69) is 4.74 Å². The highest BCUT2D eigenvalue weighted by Crippen LogP contribution is 2.29. The Bertz CT molecular complexity index is 418. The lowest BCUT2D eigenvalue weighted by atomic mass is 9.95. The number of rotatable bonds is 5. The smallest absolute Gasteiger partial charge is 0.515 e. The molecular weight excluding hydrogens is 236 g/mol. The van der Waals surface area contributed by atoms with Crippen molar-refractivity contribution in [2.45, 2.75) is 6.92 Å². The van der Waals surface area contributed by atoms with E-state index in [0.29, 0.717) is 5.56 Å². The highest BCUT2D eigenvalue weighted by molar-refractivity contribution is 6.58. The summed E-state index contributed by atoms with van der Waals surface area (Å²) in [5, 5.41) is 0. The fraction of sp³-hybridized carbons (Fsp3) is 0.300. The van der Waals surface area contributed by atoms with Gasteiger partial charge in [-0.25, -0.2) is 0 Å². The van der Waals surface area contributed by atoms with Gasteiger partial charge in [-0.05, 0) is 25.1 Å². The second kappa shape index (κ2) is 5.12. The van der Waals surface area contributed by atoms with Crippen molar-refractivity contribution in [2.75, 3.05) is 13.6 Å². The fourth-order valence-electron chi connectivity index (χ4n) is 1.19. The summed E-state index contributed by atoms with van der Waals surface area (Å²) in [7, 11) is 1.30. The van der Waals surface area contributed by atoms with Crippen LogP contribution < -0.4 is 9.47 Å². The third kappa shape index (κ3) is 4.01. The maximum atomic E-state index is 12.0. The molecule has 0 aliphatic carbocycles. The lowest BCUT2D eigenvalue weighted by Crippen LogP contribution is -2.26. The summed E-state index contributed by atoms with van der Waals surface area (Å²) in [6.07, 6.45) is 0. The summed E-state index contributed by atoms with van der Waals surface area (Å²) in [4.78, 5) is 11.1. The number of methoxy groups -OCH3 is 1. The van der Waals surface area contributed by atoms with Crippen molar-refractivity contribution < 1.29 is 27.2 Å². The van der Waals surface area contributed by atoms with E-state index in [1.54, 1.807) is 0 Å². The quantitative estimate of drug-likeness (QED) is 0.592. The number of carbonyl (C=O) groups excluding carboxylic acids is 1. The monoisotopic (exact) mass is 247 g/mol. The van der Waals surface area contributed by atoms with Crippen LogP contribution >= 0.6 is 0 Å². The van der Waals surface area contributed by atoms with Crippen LogP contribution in [0.2, 0.25) is 0 Å². The standard InChI is InChI=1S/C10H11BF3O3/c1-7(15)8-3-4-9(10(5-8)16-2)17-6-11(12,13)14/h3-5H,6H2,1-2H3/q-1. The fourth-order valence-corrected chi connectivity index (χ4v) is 1.19. The average Bonchev–Trinajstić information content (AvgIpc) is 2.24. The zero-order valence-corrected chi connectivity index (χ0v) is 9.38. The Morgan fingerprint density at radius 2 is 1.94 bits per heavy atom. The van der Waals surface area contributed by atoms with Crippen LogP contribution in [0.5, 0.6) is 11.5 Å². The van der Waals surface area contributed by atoms with Gasteiger partial charge in [-0.1, -0.05) is 0 Å². The van der Waals surface area contributed by atoms with Crippen LogP contribution in [-0.2, 0) is 0 Å². The number of Topliss-reactive ketones (excluding diaryl/α,β-unsaturated/α-hetero) is 1. The molecule has 0 N–H and O–H groups in total. The lowest BCUT2D eigenvalue weighted by Gasteiger charge is -2.17. The average molecular weight is 247 g/mol. The summed E-state index contributed by atoms with van der Waals surface area (Å²) < 4.78 is 45.5. The molecule has 0 saturated carbocycles. The predicted octanol–water partition coefficient (Wildman–Crippen LogP) is 2.66. The Kier molecular flexibility index (Phi) is 4.04. The Labute approximate surface area is 96.6 Å². The van der Waals surface area contributed by atoms with Gasteiger partial charge in [0.2, 0.25) is 0 Å². The van der Waals surface area contributed by atoms with E-state index in [9.17, 15) is 17.7 Å². The van der Waals surface area contributed by atoms with E-state index < -0.39 is 13.5 Å². The summed E-state index contributed by atoms with van der Waals surface area (Å²) in [5.41, 5.74) is 0.353. The van der Waals surface area contributed by atoms with Gasteiger partial charge in [0.1, 0.15) is 0 Å². The number of hydrogen-bond donors (Lipinski definition) is 0. The topological polar surface area (TPSA) is 35.5 Å². The first-order valence-electron chi connectivity index (χ1n) is 4.86. The predicted molar refractivity (Wildman–Crippen MR) is 57.6 cm³/mol. The van der Waals surface area contributed by atoms with E-state index >= 15 is 0 Å². The second-order valence-corrected chi connectivity index (χ2v) is 3.44. The summed E-state index contributed by atoms with van der Waals surface area (Å²) in [6, 6.07) is 4.03. The normalized spacial score (nSPS) is 11.1. The van der Waals surface area contributed by atoms with Crippen LogP contribution in [0.3, 0.4) is 0 Å². The lowest BCUT2D eigenvalue weighted by molar-refractivity contribution is 0.101. The van der Waals surface area contributed by atoms with Crippen molar-refractivity contribution in [3.63, 3.8) is 0 Å². The first-order valence-corrected chi connectivity index (χ1v) is 4.86. The molecule has 0 saturated heterocycles. The van der Waals surface area contributed by atoms with Crippen LogP contribution in [0.15, 0.2) is 18.2 Å². The van der Waals surface area contributed by atoms with Gasteiger partial charge in [0, 0.05) is 5.56 Å². The minimum atomic E-state index is -5.02. The highest BCUT2D eigenvalue weighted by atomic mass is 19.4. The Morgan fingerprint density at radius 1 is 1.29 bits per heavy atom. The van der Waals surface area contributed by atoms with Crippen LogP contribution in [0.25, 0.3) is 0 Å². The molecule has 0 atom stereocenters. The molecular formula is C10H11BF3O3-. The maximum absolute atomic E-state index is 12.0. The molecule has 0 heterocycles. The molecule has 0 aromatic heterocycles. The molecule has 0 aliphatic heterocycles. The third-order valence-electron chi connectivity index (χ3n) is 2.00. The molecule has 0 spiro atoms. The van der Waals surface area contributed by atoms with E-state index in [-0.39, 0.29) is 17.3 Å². The van der Waals surface area contributed by atoms with Crippen LogP contribution in [0, 0.1) is 0 Å². The number of ether oxygens (including phenoxy) is 2. The number of carbonyl (C=O) groups is 1. The largest absolute Gasteiger partial charge is 0.519 e. The highest BCUT2D eigenvalue weighted by Gasteiger charge is 2.24. The van der Waals surface area contributed by atoms with Gasteiger partial charge in [0.05, 0.1) is 13.6 Å². The Balaban J connectivity index is 2.89. The molecule has 0 fully saturated rings. The van der Waals surface area contributed by atoms with E-state index in [1.165, 1.54) is 32.2 Å². The first-order chi connectivity index (χ1) is 7.83. The Morgan fingerprint density at radius 3 is 2.41 bits per heavy atom. The van der Waals surface area contributed by atoms with Gasteiger partial charge in [-0.2, -0.15) is 0 Å². The van der Waals surface area contributed by atoms with E-state index in [0.717, 1.165) is 0 Å². The molecule has 3 nitrogen and oxygen atoms in total. The zero-order valence-electron chi connectivity index (χ0n) is 9.38. The van der Waals surface area contributed by atoms with E-state index in [1.807, 2.05) is 0 Å². The minimum Gasteiger partial charge on any atom is -0.519 e.